The molecule has 22 heavy (non-hydrogen) atoms. The van der Waals surface area contributed by atoms with Crippen molar-refractivity contribution in [2.24, 2.45) is 0 Å². The number of halogens is 1. The second kappa shape index (κ2) is 6.81. The number of aromatic nitrogens is 2. The Balaban J connectivity index is 1.76. The maximum atomic E-state index is 12.2. The van der Waals surface area contributed by atoms with E-state index in [1.54, 1.807) is 36.0 Å². The van der Waals surface area contributed by atoms with Crippen molar-refractivity contribution in [1.29, 1.82) is 0 Å². The van der Waals surface area contributed by atoms with Gasteiger partial charge in [-0.15, -0.1) is 0 Å². The Bertz CT molecular complexity index is 790. The molecule has 4 nitrogen and oxygen atoms in total. The van der Waals surface area contributed by atoms with Gasteiger partial charge in [0.25, 0.3) is 5.91 Å². The molecule has 110 valence electrons. The Kier molecular flexibility index (Phi) is 4.60. The molecule has 1 amide bonds. The molecule has 0 fully saturated rings. The second-order valence-corrected chi connectivity index (χ2v) is 6.29. The Labute approximate surface area is 140 Å². The molecule has 0 saturated heterocycles. The Morgan fingerprint density at radius 3 is 3.00 bits per heavy atom. The van der Waals surface area contributed by atoms with Crippen LogP contribution in [-0.4, -0.2) is 15.9 Å². The summed E-state index contributed by atoms with van der Waals surface area (Å²) in [5.41, 5.74) is 3.47. The monoisotopic (exact) mass is 373 g/mol. The zero-order chi connectivity index (χ0) is 15.4. The highest BCUT2D eigenvalue weighted by Crippen LogP contribution is 2.23. The van der Waals surface area contributed by atoms with Gasteiger partial charge in [-0.3, -0.25) is 14.8 Å². The third kappa shape index (κ3) is 3.40. The summed E-state index contributed by atoms with van der Waals surface area (Å²) in [5, 5.41) is 6.97. The number of nitrogens with zero attached hydrogens (tertiary/aromatic N) is 2. The number of hydrogen-bond donors (Lipinski definition) is 1. The fourth-order valence-electron chi connectivity index (χ4n) is 2.05. The van der Waals surface area contributed by atoms with E-state index in [1.807, 2.05) is 29.0 Å². The van der Waals surface area contributed by atoms with Crippen LogP contribution in [0.25, 0.3) is 11.3 Å². The summed E-state index contributed by atoms with van der Waals surface area (Å²) >= 11 is 4.94. The fourth-order valence-corrected chi connectivity index (χ4v) is 3.06. The molecule has 6 heteroatoms. The zero-order valence-electron chi connectivity index (χ0n) is 11.5. The summed E-state index contributed by atoms with van der Waals surface area (Å²) in [6.45, 7) is 0.421. The highest BCUT2D eigenvalue weighted by molar-refractivity contribution is 9.10. The summed E-state index contributed by atoms with van der Waals surface area (Å²) in [4.78, 5) is 20.6. The topological polar surface area (TPSA) is 54.9 Å². The van der Waals surface area contributed by atoms with E-state index in [0.717, 1.165) is 21.3 Å². The van der Waals surface area contributed by atoms with Crippen molar-refractivity contribution in [2.45, 2.75) is 6.54 Å². The first-order valence-corrected chi connectivity index (χ1v) is 8.33. The molecule has 0 aromatic carbocycles. The first-order chi connectivity index (χ1) is 10.7. The minimum atomic E-state index is -0.158. The van der Waals surface area contributed by atoms with E-state index in [2.05, 4.69) is 31.2 Å². The lowest BCUT2D eigenvalue weighted by Gasteiger charge is -2.09. The SMILES string of the molecule is O=C(NCc1cccnc1-c1ccsc1)c1cncc(Br)c1. The second-order valence-electron chi connectivity index (χ2n) is 4.60. The molecule has 3 heterocycles. The van der Waals surface area contributed by atoms with E-state index in [0.29, 0.717) is 12.1 Å². The first-order valence-electron chi connectivity index (χ1n) is 6.59. The van der Waals surface area contributed by atoms with Crippen molar-refractivity contribution in [2.75, 3.05) is 0 Å². The van der Waals surface area contributed by atoms with E-state index in [4.69, 9.17) is 0 Å². The van der Waals surface area contributed by atoms with Gasteiger partial charge in [0.2, 0.25) is 0 Å². The van der Waals surface area contributed by atoms with E-state index >= 15 is 0 Å². The fraction of sp³-hybridized carbons (Fsp3) is 0.0625. The molecule has 0 atom stereocenters. The van der Waals surface area contributed by atoms with Gasteiger partial charge in [-0.2, -0.15) is 11.3 Å². The predicted molar refractivity (Wildman–Crippen MR) is 90.7 cm³/mol. The van der Waals surface area contributed by atoms with Crippen molar-refractivity contribution in [1.82, 2.24) is 15.3 Å². The molecule has 0 aliphatic rings. The maximum absolute atomic E-state index is 12.2. The highest BCUT2D eigenvalue weighted by atomic mass is 79.9. The van der Waals surface area contributed by atoms with Gasteiger partial charge in [0, 0.05) is 40.6 Å². The van der Waals surface area contributed by atoms with Crippen LogP contribution in [0.2, 0.25) is 0 Å². The van der Waals surface area contributed by atoms with Gasteiger partial charge in [-0.05, 0) is 45.1 Å². The molecule has 0 radical (unpaired) electrons. The smallest absolute Gasteiger partial charge is 0.253 e. The molecule has 0 saturated carbocycles. The van der Waals surface area contributed by atoms with E-state index < -0.39 is 0 Å². The molecular weight excluding hydrogens is 362 g/mol. The summed E-state index contributed by atoms with van der Waals surface area (Å²) in [5.74, 6) is -0.158. The molecule has 0 bridgehead atoms. The van der Waals surface area contributed by atoms with Crippen molar-refractivity contribution >= 4 is 33.2 Å². The third-order valence-electron chi connectivity index (χ3n) is 3.09. The molecule has 3 rings (SSSR count). The van der Waals surface area contributed by atoms with Crippen LogP contribution in [0.5, 0.6) is 0 Å². The molecule has 0 unspecified atom stereocenters. The number of amides is 1. The number of hydrogen-bond acceptors (Lipinski definition) is 4. The van der Waals surface area contributed by atoms with Crippen LogP contribution in [0.15, 0.2) is 58.1 Å². The normalized spacial score (nSPS) is 10.4. The number of nitrogens with one attached hydrogen (secondary N) is 1. The lowest BCUT2D eigenvalue weighted by Crippen LogP contribution is -2.23. The quantitative estimate of drug-likeness (QED) is 0.754. The standard InChI is InChI=1S/C16H12BrN3OS/c17-14-6-13(7-18-9-14)16(21)20-8-11-2-1-4-19-15(11)12-3-5-22-10-12/h1-7,9-10H,8H2,(H,20,21). The van der Waals surface area contributed by atoms with Crippen molar-refractivity contribution < 1.29 is 4.79 Å². The predicted octanol–water partition coefficient (Wildman–Crippen LogP) is 3.90. The Hall–Kier alpha value is -2.05. The van der Waals surface area contributed by atoms with Gasteiger partial charge in [-0.1, -0.05) is 6.07 Å². The third-order valence-corrected chi connectivity index (χ3v) is 4.21. The number of carbonyl (C=O) groups is 1. The lowest BCUT2D eigenvalue weighted by atomic mass is 10.1. The average Bonchev–Trinajstić information content (AvgIpc) is 3.07. The minimum Gasteiger partial charge on any atom is -0.348 e. The first kappa shape index (κ1) is 14.9. The molecule has 3 aromatic rings. The van der Waals surface area contributed by atoms with E-state index in [-0.39, 0.29) is 5.91 Å². The lowest BCUT2D eigenvalue weighted by molar-refractivity contribution is 0.0950. The van der Waals surface area contributed by atoms with Crippen LogP contribution < -0.4 is 5.32 Å². The van der Waals surface area contributed by atoms with Gasteiger partial charge in [0.05, 0.1) is 11.3 Å². The summed E-state index contributed by atoms with van der Waals surface area (Å²) < 4.78 is 0.778. The molecule has 1 N–H and O–H groups in total. The summed E-state index contributed by atoms with van der Waals surface area (Å²) in [6.07, 6.45) is 4.95. The molecule has 3 aromatic heterocycles. The van der Waals surface area contributed by atoms with E-state index in [1.165, 1.54) is 0 Å². The number of carbonyl (C=O) groups excluding carboxylic acids is 1. The summed E-state index contributed by atoms with van der Waals surface area (Å²) in [7, 11) is 0. The van der Waals surface area contributed by atoms with Crippen molar-refractivity contribution in [3.63, 3.8) is 0 Å². The molecule has 0 aliphatic carbocycles. The van der Waals surface area contributed by atoms with Crippen LogP contribution in [0, 0.1) is 0 Å². The van der Waals surface area contributed by atoms with Crippen LogP contribution >= 0.6 is 27.3 Å². The van der Waals surface area contributed by atoms with Crippen LogP contribution in [-0.2, 0) is 6.54 Å². The Morgan fingerprint density at radius 2 is 2.23 bits per heavy atom. The van der Waals surface area contributed by atoms with Gasteiger partial charge < -0.3 is 5.32 Å². The van der Waals surface area contributed by atoms with Gasteiger partial charge in [0.1, 0.15) is 0 Å². The number of rotatable bonds is 4. The largest absolute Gasteiger partial charge is 0.348 e. The number of pyridine rings is 2. The summed E-state index contributed by atoms with van der Waals surface area (Å²) in [6, 6.07) is 7.61. The van der Waals surface area contributed by atoms with Crippen molar-refractivity contribution in [3.8, 4) is 11.3 Å². The van der Waals surface area contributed by atoms with Crippen LogP contribution in [0.4, 0.5) is 0 Å². The van der Waals surface area contributed by atoms with Crippen LogP contribution in [0.1, 0.15) is 15.9 Å². The minimum absolute atomic E-state index is 0.158. The zero-order valence-corrected chi connectivity index (χ0v) is 13.9. The van der Waals surface area contributed by atoms with Gasteiger partial charge in [0.15, 0.2) is 0 Å². The van der Waals surface area contributed by atoms with Gasteiger partial charge >= 0.3 is 0 Å². The average molecular weight is 374 g/mol. The van der Waals surface area contributed by atoms with E-state index in [9.17, 15) is 4.79 Å². The molecule has 0 aliphatic heterocycles. The van der Waals surface area contributed by atoms with Crippen molar-refractivity contribution in [3.05, 3.63) is 69.2 Å². The molecule has 0 spiro atoms. The highest BCUT2D eigenvalue weighted by Gasteiger charge is 2.10. The maximum Gasteiger partial charge on any atom is 0.253 e. The number of thiophene rings is 1. The van der Waals surface area contributed by atoms with Gasteiger partial charge in [-0.25, -0.2) is 0 Å². The Morgan fingerprint density at radius 1 is 1.32 bits per heavy atom. The molecular formula is C16H12BrN3OS. The van der Waals surface area contributed by atoms with Crippen LogP contribution in [0.3, 0.4) is 0 Å².